The van der Waals surface area contributed by atoms with Gasteiger partial charge in [-0.25, -0.2) is 0 Å². The van der Waals surface area contributed by atoms with Crippen molar-refractivity contribution in [3.05, 3.63) is 18.2 Å². The molecule has 1 aromatic carbocycles. The first-order valence-electron chi connectivity index (χ1n) is 7.56. The number of ether oxygens (including phenoxy) is 1. The Bertz CT molecular complexity index is 507. The van der Waals surface area contributed by atoms with Gasteiger partial charge in [-0.05, 0) is 31.9 Å². The van der Waals surface area contributed by atoms with E-state index in [4.69, 9.17) is 4.74 Å². The quantitative estimate of drug-likeness (QED) is 0.869. The number of hydrogen-bond donors (Lipinski definition) is 2. The number of para-hydroxylation sites is 1. The summed E-state index contributed by atoms with van der Waals surface area (Å²) in [6.07, 6.45) is 5.48. The van der Waals surface area contributed by atoms with Crippen molar-refractivity contribution in [1.82, 2.24) is 0 Å². The van der Waals surface area contributed by atoms with Gasteiger partial charge in [-0.2, -0.15) is 0 Å². The van der Waals surface area contributed by atoms with E-state index >= 15 is 0 Å². The monoisotopic (exact) mass is 274 g/mol. The molecule has 1 aliphatic heterocycles. The summed E-state index contributed by atoms with van der Waals surface area (Å²) < 4.78 is 5.63. The molecule has 0 aromatic heterocycles. The van der Waals surface area contributed by atoms with Crippen molar-refractivity contribution in [1.29, 1.82) is 0 Å². The van der Waals surface area contributed by atoms with Crippen LogP contribution in [-0.2, 0) is 4.79 Å². The zero-order valence-electron chi connectivity index (χ0n) is 12.0. The first-order valence-corrected chi connectivity index (χ1v) is 7.56. The summed E-state index contributed by atoms with van der Waals surface area (Å²) >= 11 is 0. The SMILES string of the molecule is CCOc1cccc2c1NC(=O)C1(CCCCC1)CN2. The van der Waals surface area contributed by atoms with E-state index < -0.39 is 0 Å². The number of fused-ring (bicyclic) bond motifs is 1. The highest BCUT2D eigenvalue weighted by atomic mass is 16.5. The Labute approximate surface area is 119 Å². The Balaban J connectivity index is 1.92. The van der Waals surface area contributed by atoms with Crippen LogP contribution in [0.25, 0.3) is 0 Å². The smallest absolute Gasteiger partial charge is 0.232 e. The number of anilines is 2. The van der Waals surface area contributed by atoms with Gasteiger partial charge in [-0.3, -0.25) is 4.79 Å². The fourth-order valence-corrected chi connectivity index (χ4v) is 3.31. The van der Waals surface area contributed by atoms with Crippen molar-refractivity contribution in [2.24, 2.45) is 5.41 Å². The third-order valence-corrected chi connectivity index (χ3v) is 4.47. The van der Waals surface area contributed by atoms with Crippen LogP contribution in [0.5, 0.6) is 5.75 Å². The maximum Gasteiger partial charge on any atom is 0.232 e. The van der Waals surface area contributed by atoms with Gasteiger partial charge >= 0.3 is 0 Å². The van der Waals surface area contributed by atoms with Crippen LogP contribution >= 0.6 is 0 Å². The molecule has 4 nitrogen and oxygen atoms in total. The number of carbonyl (C=O) groups is 1. The van der Waals surface area contributed by atoms with Crippen molar-refractivity contribution in [2.45, 2.75) is 39.0 Å². The lowest BCUT2D eigenvalue weighted by atomic mass is 9.73. The summed E-state index contributed by atoms with van der Waals surface area (Å²) in [6.45, 7) is 3.27. The van der Waals surface area contributed by atoms with Crippen molar-refractivity contribution < 1.29 is 9.53 Å². The van der Waals surface area contributed by atoms with Gasteiger partial charge in [-0.1, -0.05) is 25.3 Å². The summed E-state index contributed by atoms with van der Waals surface area (Å²) in [6, 6.07) is 5.87. The Kier molecular flexibility index (Phi) is 3.55. The first kappa shape index (κ1) is 13.3. The highest BCUT2D eigenvalue weighted by molar-refractivity contribution is 6.01. The van der Waals surface area contributed by atoms with Gasteiger partial charge in [0, 0.05) is 6.54 Å². The Morgan fingerprint density at radius 1 is 1.25 bits per heavy atom. The molecule has 1 heterocycles. The lowest BCUT2D eigenvalue weighted by Gasteiger charge is -2.34. The van der Waals surface area contributed by atoms with E-state index in [0.29, 0.717) is 6.61 Å². The molecular formula is C16H22N2O2. The van der Waals surface area contributed by atoms with Gasteiger partial charge in [0.1, 0.15) is 11.4 Å². The molecule has 4 heteroatoms. The van der Waals surface area contributed by atoms with Crippen LogP contribution in [-0.4, -0.2) is 19.1 Å². The number of hydrogen-bond acceptors (Lipinski definition) is 3. The zero-order valence-corrected chi connectivity index (χ0v) is 12.0. The molecule has 1 saturated carbocycles. The predicted octanol–water partition coefficient (Wildman–Crippen LogP) is 3.40. The maximum absolute atomic E-state index is 12.7. The summed E-state index contributed by atoms with van der Waals surface area (Å²) in [7, 11) is 0. The largest absolute Gasteiger partial charge is 0.492 e. The van der Waals surface area contributed by atoms with E-state index in [1.165, 1.54) is 6.42 Å². The van der Waals surface area contributed by atoms with Gasteiger partial charge in [-0.15, -0.1) is 0 Å². The van der Waals surface area contributed by atoms with E-state index in [-0.39, 0.29) is 11.3 Å². The molecule has 0 unspecified atom stereocenters. The highest BCUT2D eigenvalue weighted by Crippen LogP contribution is 2.43. The van der Waals surface area contributed by atoms with Crippen LogP contribution in [0, 0.1) is 5.41 Å². The van der Waals surface area contributed by atoms with E-state index in [1.54, 1.807) is 0 Å². The molecule has 108 valence electrons. The summed E-state index contributed by atoms with van der Waals surface area (Å²) in [5.41, 5.74) is 1.51. The lowest BCUT2D eigenvalue weighted by Crippen LogP contribution is -2.41. The number of rotatable bonds is 2. The zero-order chi connectivity index (χ0) is 14.0. The topological polar surface area (TPSA) is 50.4 Å². The van der Waals surface area contributed by atoms with Crippen LogP contribution in [0.15, 0.2) is 18.2 Å². The molecule has 3 rings (SSSR count). The molecule has 1 amide bonds. The Hall–Kier alpha value is -1.71. The third kappa shape index (κ3) is 2.23. The second kappa shape index (κ2) is 5.35. The predicted molar refractivity (Wildman–Crippen MR) is 80.2 cm³/mol. The molecule has 0 atom stereocenters. The van der Waals surface area contributed by atoms with Gasteiger partial charge in [0.15, 0.2) is 0 Å². The molecule has 1 aliphatic carbocycles. The second-order valence-corrected chi connectivity index (χ2v) is 5.76. The fourth-order valence-electron chi connectivity index (χ4n) is 3.31. The minimum absolute atomic E-state index is 0.149. The first-order chi connectivity index (χ1) is 9.75. The van der Waals surface area contributed by atoms with Crippen molar-refractivity contribution in [3.63, 3.8) is 0 Å². The maximum atomic E-state index is 12.7. The van der Waals surface area contributed by atoms with Gasteiger partial charge in [0.05, 0.1) is 17.7 Å². The van der Waals surface area contributed by atoms with Crippen molar-refractivity contribution in [3.8, 4) is 5.75 Å². The van der Waals surface area contributed by atoms with Crippen LogP contribution in [0.3, 0.4) is 0 Å². The molecular weight excluding hydrogens is 252 g/mol. The van der Waals surface area contributed by atoms with E-state index in [9.17, 15) is 4.79 Å². The normalized spacial score (nSPS) is 20.6. The summed E-state index contributed by atoms with van der Waals surface area (Å²) in [4.78, 5) is 12.7. The van der Waals surface area contributed by atoms with E-state index in [2.05, 4.69) is 10.6 Å². The Morgan fingerprint density at radius 3 is 2.80 bits per heavy atom. The average molecular weight is 274 g/mol. The standard InChI is InChI=1S/C16H22N2O2/c1-2-20-13-8-6-7-12-14(13)18-15(19)16(11-17-12)9-4-3-5-10-16/h6-8,17H,2-5,9-11H2,1H3,(H,18,19). The minimum atomic E-state index is -0.249. The lowest BCUT2D eigenvalue weighted by molar-refractivity contribution is -0.126. The van der Waals surface area contributed by atoms with Gasteiger partial charge in [0.2, 0.25) is 5.91 Å². The fraction of sp³-hybridized carbons (Fsp3) is 0.562. The third-order valence-electron chi connectivity index (χ3n) is 4.47. The van der Waals surface area contributed by atoms with E-state index in [0.717, 1.165) is 49.4 Å². The van der Waals surface area contributed by atoms with Crippen molar-refractivity contribution >= 4 is 17.3 Å². The van der Waals surface area contributed by atoms with Crippen molar-refractivity contribution in [2.75, 3.05) is 23.8 Å². The van der Waals surface area contributed by atoms with Gasteiger partial charge < -0.3 is 15.4 Å². The molecule has 20 heavy (non-hydrogen) atoms. The molecule has 2 N–H and O–H groups in total. The molecule has 0 saturated heterocycles. The number of benzene rings is 1. The summed E-state index contributed by atoms with van der Waals surface area (Å²) in [5.74, 6) is 0.898. The Morgan fingerprint density at radius 2 is 2.05 bits per heavy atom. The van der Waals surface area contributed by atoms with Crippen LogP contribution in [0.1, 0.15) is 39.0 Å². The minimum Gasteiger partial charge on any atom is -0.492 e. The molecule has 1 fully saturated rings. The molecule has 1 spiro atoms. The summed E-state index contributed by atoms with van der Waals surface area (Å²) in [5, 5.41) is 6.56. The number of nitrogens with one attached hydrogen (secondary N) is 2. The van der Waals surface area contributed by atoms with Gasteiger partial charge in [0.25, 0.3) is 0 Å². The molecule has 2 aliphatic rings. The molecule has 0 radical (unpaired) electrons. The van der Waals surface area contributed by atoms with Crippen LogP contribution < -0.4 is 15.4 Å². The van der Waals surface area contributed by atoms with Crippen LogP contribution in [0.2, 0.25) is 0 Å². The highest BCUT2D eigenvalue weighted by Gasteiger charge is 2.41. The molecule has 1 aromatic rings. The molecule has 0 bridgehead atoms. The number of amides is 1. The van der Waals surface area contributed by atoms with E-state index in [1.807, 2.05) is 25.1 Å². The second-order valence-electron chi connectivity index (χ2n) is 5.76. The average Bonchev–Trinajstić information content (AvgIpc) is 2.60. The van der Waals surface area contributed by atoms with Crippen LogP contribution in [0.4, 0.5) is 11.4 Å². The number of carbonyl (C=O) groups excluding carboxylic acids is 1.